The Hall–Kier alpha value is -1.88. The topological polar surface area (TPSA) is 64.0 Å². The van der Waals surface area contributed by atoms with Gasteiger partial charge in [-0.3, -0.25) is 15.0 Å². The van der Waals surface area contributed by atoms with E-state index in [-0.39, 0.29) is 16.9 Å². The second kappa shape index (κ2) is 6.06. The Kier molecular flexibility index (Phi) is 3.87. The second-order valence-corrected chi connectivity index (χ2v) is 9.53. The Balaban J connectivity index is 1.40. The predicted molar refractivity (Wildman–Crippen MR) is 105 cm³/mol. The van der Waals surface area contributed by atoms with Crippen LogP contribution in [0.25, 0.3) is 10.9 Å². The fraction of sp³-hybridized carbons (Fsp3) is 0.571. The van der Waals surface area contributed by atoms with Gasteiger partial charge in [0.2, 0.25) is 5.91 Å². The molecule has 5 nitrogen and oxygen atoms in total. The third-order valence-electron chi connectivity index (χ3n) is 6.94. The molecule has 1 heterocycles. The summed E-state index contributed by atoms with van der Waals surface area (Å²) in [5.74, 6) is 2.81. The highest BCUT2D eigenvalue weighted by Gasteiger charge is 2.51. The van der Waals surface area contributed by atoms with Crippen LogP contribution in [0.1, 0.15) is 50.8 Å². The number of nitrogens with one attached hydrogen (secondary N) is 1. The van der Waals surface area contributed by atoms with Crippen LogP contribution in [0.4, 0.5) is 0 Å². The summed E-state index contributed by atoms with van der Waals surface area (Å²) in [6, 6.07) is 5.00. The largest absolute Gasteiger partial charge is 0.280 e. The standard InChI is InChI=1S/C21H24ClN3O2/c1-12-23-18-7-16(22)2-3-17(18)20(27)25(12)24-19(26)11-21-8-13-4-14(9-21)6-15(5-13)10-21/h2-3,7,13-15H,4-6,8-11H2,1H3,(H,24,26). The highest BCUT2D eigenvalue weighted by Crippen LogP contribution is 2.61. The number of amides is 1. The van der Waals surface area contributed by atoms with Gasteiger partial charge < -0.3 is 0 Å². The Morgan fingerprint density at radius 1 is 1.22 bits per heavy atom. The van der Waals surface area contributed by atoms with Crippen LogP contribution in [-0.2, 0) is 4.79 Å². The number of aryl methyl sites for hydroxylation is 1. The van der Waals surface area contributed by atoms with Crippen molar-refractivity contribution in [3.05, 3.63) is 39.4 Å². The van der Waals surface area contributed by atoms with Gasteiger partial charge in [0.05, 0.1) is 10.9 Å². The lowest BCUT2D eigenvalue weighted by Crippen LogP contribution is -2.48. The maximum Gasteiger partial charge on any atom is 0.280 e. The summed E-state index contributed by atoms with van der Waals surface area (Å²) in [6.07, 6.45) is 8.11. The summed E-state index contributed by atoms with van der Waals surface area (Å²) in [5, 5.41) is 0.998. The molecule has 2 aromatic rings. The zero-order valence-corrected chi connectivity index (χ0v) is 16.3. The first-order valence-electron chi connectivity index (χ1n) is 9.90. The van der Waals surface area contributed by atoms with Gasteiger partial charge in [-0.1, -0.05) is 11.6 Å². The predicted octanol–water partition coefficient (Wildman–Crippen LogP) is 4.03. The first-order valence-corrected chi connectivity index (χ1v) is 10.3. The first-order chi connectivity index (χ1) is 12.9. The van der Waals surface area contributed by atoms with E-state index in [1.54, 1.807) is 25.1 Å². The van der Waals surface area contributed by atoms with Gasteiger partial charge in [-0.25, -0.2) is 9.66 Å². The van der Waals surface area contributed by atoms with Gasteiger partial charge in [0.25, 0.3) is 5.56 Å². The van der Waals surface area contributed by atoms with E-state index in [1.807, 2.05) is 0 Å². The van der Waals surface area contributed by atoms with Gasteiger partial charge in [0, 0.05) is 11.4 Å². The molecule has 0 saturated heterocycles. The number of aromatic nitrogens is 2. The van der Waals surface area contributed by atoms with Crippen LogP contribution < -0.4 is 11.0 Å². The van der Waals surface area contributed by atoms with Crippen LogP contribution in [0, 0.1) is 30.1 Å². The molecule has 4 saturated carbocycles. The molecular formula is C21H24ClN3O2. The number of benzene rings is 1. The molecule has 0 atom stereocenters. The highest BCUT2D eigenvalue weighted by atomic mass is 35.5. The molecule has 0 aliphatic heterocycles. The lowest BCUT2D eigenvalue weighted by atomic mass is 9.49. The molecule has 1 aromatic carbocycles. The molecule has 0 radical (unpaired) electrons. The summed E-state index contributed by atoms with van der Waals surface area (Å²) in [7, 11) is 0. The number of nitrogens with zero attached hydrogens (tertiary/aromatic N) is 2. The number of rotatable bonds is 3. The maximum atomic E-state index is 12.9. The molecule has 4 aliphatic rings. The lowest BCUT2D eigenvalue weighted by Gasteiger charge is -2.56. The number of fused-ring (bicyclic) bond motifs is 1. The second-order valence-electron chi connectivity index (χ2n) is 9.09. The molecule has 1 amide bonds. The molecule has 0 unspecified atom stereocenters. The quantitative estimate of drug-likeness (QED) is 0.867. The molecule has 4 bridgehead atoms. The van der Waals surface area contributed by atoms with E-state index in [1.165, 1.54) is 43.2 Å². The van der Waals surface area contributed by atoms with Gasteiger partial charge in [0.15, 0.2) is 0 Å². The monoisotopic (exact) mass is 385 g/mol. The number of halogens is 1. The Labute approximate surface area is 163 Å². The number of carbonyl (C=O) groups excluding carboxylic acids is 1. The molecule has 4 aliphatic carbocycles. The van der Waals surface area contributed by atoms with Crippen molar-refractivity contribution in [1.82, 2.24) is 9.66 Å². The van der Waals surface area contributed by atoms with Gasteiger partial charge in [-0.05, 0) is 86.8 Å². The summed E-state index contributed by atoms with van der Waals surface area (Å²) < 4.78 is 1.29. The Bertz CT molecular complexity index is 962. The fourth-order valence-electron chi connectivity index (χ4n) is 6.41. The first kappa shape index (κ1) is 17.2. The Morgan fingerprint density at radius 2 is 1.85 bits per heavy atom. The van der Waals surface area contributed by atoms with Crippen LogP contribution >= 0.6 is 11.6 Å². The summed E-state index contributed by atoms with van der Waals surface area (Å²) >= 11 is 6.00. The number of hydrogen-bond donors (Lipinski definition) is 1. The average Bonchev–Trinajstić information content (AvgIpc) is 2.56. The van der Waals surface area contributed by atoms with Crippen molar-refractivity contribution in [2.75, 3.05) is 5.43 Å². The van der Waals surface area contributed by atoms with Crippen molar-refractivity contribution >= 4 is 28.4 Å². The minimum Gasteiger partial charge on any atom is -0.273 e. The van der Waals surface area contributed by atoms with Crippen molar-refractivity contribution in [2.24, 2.45) is 23.2 Å². The zero-order valence-electron chi connectivity index (χ0n) is 15.5. The number of carbonyl (C=O) groups is 1. The molecular weight excluding hydrogens is 362 g/mol. The molecule has 0 spiro atoms. The summed E-state index contributed by atoms with van der Waals surface area (Å²) in [5.41, 5.74) is 3.27. The third kappa shape index (κ3) is 2.96. The molecule has 142 valence electrons. The minimum atomic E-state index is -0.256. The van der Waals surface area contributed by atoms with Gasteiger partial charge in [0.1, 0.15) is 5.82 Å². The fourth-order valence-corrected chi connectivity index (χ4v) is 6.58. The van der Waals surface area contributed by atoms with E-state index >= 15 is 0 Å². The van der Waals surface area contributed by atoms with Crippen LogP contribution in [0.3, 0.4) is 0 Å². The van der Waals surface area contributed by atoms with E-state index < -0.39 is 0 Å². The third-order valence-corrected chi connectivity index (χ3v) is 7.17. The normalized spacial score (nSPS) is 31.4. The van der Waals surface area contributed by atoms with Gasteiger partial charge in [-0.15, -0.1) is 0 Å². The Morgan fingerprint density at radius 3 is 2.48 bits per heavy atom. The minimum absolute atomic E-state index is 0.0720. The number of hydrogen-bond acceptors (Lipinski definition) is 3. The van der Waals surface area contributed by atoms with Gasteiger partial charge in [-0.2, -0.15) is 0 Å². The summed E-state index contributed by atoms with van der Waals surface area (Å²) in [4.78, 5) is 30.1. The van der Waals surface area contributed by atoms with Crippen molar-refractivity contribution in [3.8, 4) is 0 Å². The van der Waals surface area contributed by atoms with Crippen molar-refractivity contribution < 1.29 is 4.79 Å². The SMILES string of the molecule is Cc1nc2cc(Cl)ccc2c(=O)n1NC(=O)CC12CC3CC(CC(C3)C1)C2. The van der Waals surface area contributed by atoms with Crippen LogP contribution in [0.5, 0.6) is 0 Å². The molecule has 1 aromatic heterocycles. The van der Waals surface area contributed by atoms with Crippen molar-refractivity contribution in [1.29, 1.82) is 0 Å². The van der Waals surface area contributed by atoms with E-state index in [0.29, 0.717) is 28.2 Å². The molecule has 6 rings (SSSR count). The molecule has 27 heavy (non-hydrogen) atoms. The molecule has 6 heteroatoms. The van der Waals surface area contributed by atoms with Crippen LogP contribution in [-0.4, -0.2) is 15.6 Å². The zero-order chi connectivity index (χ0) is 18.8. The van der Waals surface area contributed by atoms with E-state index in [0.717, 1.165) is 17.8 Å². The van der Waals surface area contributed by atoms with E-state index in [4.69, 9.17) is 11.6 Å². The molecule has 4 fully saturated rings. The molecule has 1 N–H and O–H groups in total. The average molecular weight is 386 g/mol. The van der Waals surface area contributed by atoms with Crippen LogP contribution in [0.15, 0.2) is 23.0 Å². The highest BCUT2D eigenvalue weighted by molar-refractivity contribution is 6.31. The van der Waals surface area contributed by atoms with E-state index in [9.17, 15) is 9.59 Å². The van der Waals surface area contributed by atoms with Gasteiger partial charge >= 0.3 is 0 Å². The van der Waals surface area contributed by atoms with E-state index in [2.05, 4.69) is 10.4 Å². The van der Waals surface area contributed by atoms with Crippen LogP contribution in [0.2, 0.25) is 5.02 Å². The maximum absolute atomic E-state index is 12.9. The smallest absolute Gasteiger partial charge is 0.273 e. The van der Waals surface area contributed by atoms with Crippen molar-refractivity contribution in [2.45, 2.75) is 51.9 Å². The van der Waals surface area contributed by atoms with Crippen molar-refractivity contribution in [3.63, 3.8) is 0 Å². The summed E-state index contributed by atoms with van der Waals surface area (Å²) in [6.45, 7) is 1.73. The lowest BCUT2D eigenvalue weighted by molar-refractivity contribution is -0.125.